The van der Waals surface area contributed by atoms with Gasteiger partial charge in [-0.3, -0.25) is 10.1 Å². The highest BCUT2D eigenvalue weighted by Crippen LogP contribution is 2.41. The third kappa shape index (κ3) is 6.30. The summed E-state index contributed by atoms with van der Waals surface area (Å²) in [5.74, 6) is -0.0365. The fourth-order valence-corrected chi connectivity index (χ4v) is 5.81. The van der Waals surface area contributed by atoms with Crippen molar-refractivity contribution < 1.29 is 28.2 Å². The molecule has 0 unspecified atom stereocenters. The number of carbonyl (C=O) groups is 2. The summed E-state index contributed by atoms with van der Waals surface area (Å²) >= 11 is 4.66. The van der Waals surface area contributed by atoms with Crippen molar-refractivity contribution in [1.29, 1.82) is 0 Å². The Balaban J connectivity index is 1.56. The number of anilines is 3. The Hall–Kier alpha value is -4.71. The molecular weight excluding hydrogens is 585 g/mol. The van der Waals surface area contributed by atoms with Gasteiger partial charge in [-0.2, -0.15) is 0 Å². The summed E-state index contributed by atoms with van der Waals surface area (Å²) in [6, 6.07) is 13.7. The molecule has 1 fully saturated rings. The molecule has 5 rings (SSSR count). The van der Waals surface area contributed by atoms with Crippen LogP contribution < -0.4 is 25.8 Å². The fraction of sp³-hybridized carbons (Fsp3) is 0.281. The van der Waals surface area contributed by atoms with Crippen molar-refractivity contribution in [3.63, 3.8) is 0 Å². The van der Waals surface area contributed by atoms with Gasteiger partial charge >= 0.3 is 6.09 Å². The van der Waals surface area contributed by atoms with Crippen LogP contribution in [0.15, 0.2) is 65.7 Å². The summed E-state index contributed by atoms with van der Waals surface area (Å²) in [5.41, 5.74) is 8.00. The van der Waals surface area contributed by atoms with Crippen LogP contribution in [0.2, 0.25) is 0 Å². The van der Waals surface area contributed by atoms with E-state index >= 15 is 4.39 Å². The van der Waals surface area contributed by atoms with E-state index in [0.717, 1.165) is 22.8 Å². The number of nitrogen functional groups attached to an aromatic ring is 1. The number of rotatable bonds is 9. The number of halogens is 1. The van der Waals surface area contributed by atoms with E-state index in [2.05, 4.69) is 28.2 Å². The van der Waals surface area contributed by atoms with Gasteiger partial charge in [-0.25, -0.2) is 14.2 Å². The number of nitrogens with one attached hydrogen (secondary N) is 2. The van der Waals surface area contributed by atoms with Crippen LogP contribution in [-0.4, -0.2) is 49.3 Å². The van der Waals surface area contributed by atoms with Crippen LogP contribution in [0.3, 0.4) is 0 Å². The van der Waals surface area contributed by atoms with Gasteiger partial charge in [0.15, 0.2) is 11.5 Å². The van der Waals surface area contributed by atoms with Gasteiger partial charge in [-0.05, 0) is 79.2 Å². The number of ether oxygens (including phenoxy) is 3. The molecule has 1 aromatic heterocycles. The molecule has 0 spiro atoms. The van der Waals surface area contributed by atoms with Crippen LogP contribution in [0.5, 0.6) is 11.5 Å². The van der Waals surface area contributed by atoms with Gasteiger partial charge in [0.1, 0.15) is 17.7 Å². The van der Waals surface area contributed by atoms with Gasteiger partial charge in [0.25, 0.3) is 0 Å². The normalized spacial score (nSPS) is 15.1. The number of nitrogens with zero attached hydrogens (tertiary/aromatic N) is 2. The SMILES string of the molecule is CCOc1cc([C@@H](Nc2ccc3c(N)nccc3c2)C(=O)N2CCC[C@@H]2c2cc(NC(=O)OC)ccc2S)c(F)cc1OC. The number of likely N-dealkylation sites (tertiary alicyclic amines) is 1. The van der Waals surface area contributed by atoms with Crippen molar-refractivity contribution in [3.05, 3.63) is 77.7 Å². The number of pyridine rings is 1. The number of nitrogens with two attached hydrogens (primary N) is 1. The van der Waals surface area contributed by atoms with Crippen molar-refractivity contribution >= 4 is 52.6 Å². The zero-order valence-corrected chi connectivity index (χ0v) is 25.5. The Morgan fingerprint density at radius 2 is 1.91 bits per heavy atom. The van der Waals surface area contributed by atoms with Crippen LogP contribution in [-0.2, 0) is 9.53 Å². The van der Waals surface area contributed by atoms with Crippen LogP contribution in [0.1, 0.15) is 43.0 Å². The fourth-order valence-electron chi connectivity index (χ4n) is 5.52. The Bertz CT molecular complexity index is 1700. The van der Waals surface area contributed by atoms with Crippen molar-refractivity contribution in [2.24, 2.45) is 0 Å². The highest BCUT2D eigenvalue weighted by Gasteiger charge is 2.37. The van der Waals surface area contributed by atoms with E-state index in [1.165, 1.54) is 26.4 Å². The molecule has 1 saturated heterocycles. The second-order valence-electron chi connectivity index (χ2n) is 10.2. The van der Waals surface area contributed by atoms with Gasteiger partial charge in [-0.1, -0.05) is 0 Å². The molecular formula is C32H34FN5O5S. The number of aromatic nitrogens is 1. The highest BCUT2D eigenvalue weighted by molar-refractivity contribution is 7.80. The van der Waals surface area contributed by atoms with Crippen molar-refractivity contribution in [1.82, 2.24) is 9.88 Å². The molecule has 0 aliphatic carbocycles. The number of amides is 2. The first-order valence-corrected chi connectivity index (χ1v) is 14.6. The molecule has 4 N–H and O–H groups in total. The van der Waals surface area contributed by atoms with E-state index < -0.39 is 18.0 Å². The first kappa shape index (κ1) is 30.7. The summed E-state index contributed by atoms with van der Waals surface area (Å²) in [6.45, 7) is 2.58. The third-order valence-electron chi connectivity index (χ3n) is 7.60. The van der Waals surface area contributed by atoms with E-state index in [-0.39, 0.29) is 23.3 Å². The quantitative estimate of drug-likeness (QED) is 0.160. The van der Waals surface area contributed by atoms with Crippen LogP contribution in [0.4, 0.5) is 26.4 Å². The lowest BCUT2D eigenvalue weighted by molar-refractivity contribution is -0.133. The predicted octanol–water partition coefficient (Wildman–Crippen LogP) is 6.35. The van der Waals surface area contributed by atoms with E-state index in [1.807, 2.05) is 25.1 Å². The van der Waals surface area contributed by atoms with Gasteiger partial charge in [0, 0.05) is 46.0 Å². The molecule has 3 aromatic carbocycles. The minimum absolute atomic E-state index is 0.103. The van der Waals surface area contributed by atoms with Crippen LogP contribution in [0.25, 0.3) is 10.8 Å². The lowest BCUT2D eigenvalue weighted by Gasteiger charge is -2.31. The maximum Gasteiger partial charge on any atom is 0.411 e. The molecule has 2 heterocycles. The average molecular weight is 620 g/mol. The van der Waals surface area contributed by atoms with Crippen LogP contribution >= 0.6 is 12.6 Å². The smallest absolute Gasteiger partial charge is 0.411 e. The minimum atomic E-state index is -1.13. The minimum Gasteiger partial charge on any atom is -0.493 e. The molecule has 2 amide bonds. The molecule has 0 saturated carbocycles. The number of carbonyl (C=O) groups excluding carboxylic acids is 2. The Kier molecular flexibility index (Phi) is 9.29. The van der Waals surface area contributed by atoms with Gasteiger partial charge in [0.2, 0.25) is 5.91 Å². The summed E-state index contributed by atoms with van der Waals surface area (Å²) < 4.78 is 31.6. The maximum atomic E-state index is 15.8. The first-order valence-electron chi connectivity index (χ1n) is 14.1. The highest BCUT2D eigenvalue weighted by atomic mass is 32.1. The molecule has 44 heavy (non-hydrogen) atoms. The van der Waals surface area contributed by atoms with Crippen molar-refractivity contribution in [2.75, 3.05) is 43.7 Å². The Morgan fingerprint density at radius 1 is 1.11 bits per heavy atom. The Labute approximate surface area is 260 Å². The summed E-state index contributed by atoms with van der Waals surface area (Å²) in [4.78, 5) is 32.9. The predicted molar refractivity (Wildman–Crippen MR) is 170 cm³/mol. The monoisotopic (exact) mass is 619 g/mol. The number of hydrogen-bond donors (Lipinski definition) is 4. The lowest BCUT2D eigenvalue weighted by atomic mass is 10.00. The Morgan fingerprint density at radius 3 is 2.66 bits per heavy atom. The molecule has 0 bridgehead atoms. The van der Waals surface area contributed by atoms with E-state index in [9.17, 15) is 9.59 Å². The standard InChI is InChI=1S/C32H34FN5O5S/c1-4-43-27-16-22(24(33)17-26(27)41-2)29(36-19-7-9-21-18(14-19)11-12-35-30(21)34)31(39)38-13-5-6-25(38)23-15-20(8-10-28(23)44)37-32(40)42-3/h7-12,14-17,25,29,36,44H,4-6,13H2,1-3H3,(H2,34,35)(H,37,40)/t25-,29-/m1/s1. The number of methoxy groups -OCH3 is 2. The molecule has 2 atom stereocenters. The summed E-state index contributed by atoms with van der Waals surface area (Å²) in [5, 5.41) is 7.52. The average Bonchev–Trinajstić information content (AvgIpc) is 3.51. The molecule has 10 nitrogen and oxygen atoms in total. The van der Waals surface area contributed by atoms with Gasteiger partial charge in [-0.15, -0.1) is 12.6 Å². The number of benzene rings is 3. The van der Waals surface area contributed by atoms with E-state index in [1.54, 1.807) is 35.4 Å². The largest absolute Gasteiger partial charge is 0.493 e. The van der Waals surface area contributed by atoms with Crippen molar-refractivity contribution in [3.8, 4) is 11.5 Å². The van der Waals surface area contributed by atoms with E-state index in [0.29, 0.717) is 47.4 Å². The molecule has 4 aromatic rings. The lowest BCUT2D eigenvalue weighted by Crippen LogP contribution is -2.38. The molecule has 1 aliphatic rings. The van der Waals surface area contributed by atoms with E-state index in [4.69, 9.17) is 19.9 Å². The second kappa shape index (κ2) is 13.3. The second-order valence-corrected chi connectivity index (χ2v) is 10.7. The third-order valence-corrected chi connectivity index (χ3v) is 8.01. The van der Waals surface area contributed by atoms with Gasteiger partial charge < -0.3 is 30.2 Å². The van der Waals surface area contributed by atoms with Crippen molar-refractivity contribution in [2.45, 2.75) is 36.7 Å². The maximum absolute atomic E-state index is 15.8. The summed E-state index contributed by atoms with van der Waals surface area (Å²) in [7, 11) is 2.71. The number of hydrogen-bond acceptors (Lipinski definition) is 9. The topological polar surface area (TPSA) is 128 Å². The van der Waals surface area contributed by atoms with Gasteiger partial charge in [0.05, 0.1) is 26.9 Å². The zero-order chi connectivity index (χ0) is 31.4. The molecule has 1 aliphatic heterocycles. The molecule has 230 valence electrons. The summed E-state index contributed by atoms with van der Waals surface area (Å²) in [6.07, 6.45) is 2.38. The first-order chi connectivity index (χ1) is 21.2. The zero-order valence-electron chi connectivity index (χ0n) is 24.6. The molecule has 0 radical (unpaired) electrons. The number of fused-ring (bicyclic) bond motifs is 1. The molecule has 12 heteroatoms. The van der Waals surface area contributed by atoms with Crippen LogP contribution in [0, 0.1) is 5.82 Å². The number of thiol groups is 1.